The number of Topliss-reactive ketones (excluding diaryl/α,β-unsaturated/α-hetero) is 1. The number of benzene rings is 3. The van der Waals surface area contributed by atoms with Gasteiger partial charge in [-0.25, -0.2) is 0 Å². The van der Waals surface area contributed by atoms with Crippen molar-refractivity contribution in [3.63, 3.8) is 0 Å². The van der Waals surface area contributed by atoms with Crippen molar-refractivity contribution in [1.29, 1.82) is 0 Å². The van der Waals surface area contributed by atoms with Gasteiger partial charge in [0, 0.05) is 12.8 Å². The zero-order valence-electron chi connectivity index (χ0n) is 35.0. The predicted octanol–water partition coefficient (Wildman–Crippen LogP) is 15.4. The van der Waals surface area contributed by atoms with Crippen LogP contribution >= 0.6 is 7.92 Å². The third-order valence-electron chi connectivity index (χ3n) is 14.6. The topological polar surface area (TPSA) is 17.1 Å². The Hall–Kier alpha value is -2.24. The molecule has 0 amide bonds. The minimum Gasteiger partial charge on any atom is -0.300 e. The van der Waals surface area contributed by atoms with E-state index in [1.54, 1.807) is 16.4 Å². The first kappa shape index (κ1) is 40.4. The summed E-state index contributed by atoms with van der Waals surface area (Å²) in [5.74, 6) is 3.85. The standard InChI is InChI=1S/C51H73OP/c1-9-34(5)41-26-19-27-42(35(6)10-2)49(41)45-30-21-31-46(50-43(36(7)11-3)28-20-29-44(50)37(8)12-4)51(45)53-47(38-22-15-13-16-23-38)32-40(52)33-48(53)39-24-17-14-18-25-39/h19-21,26-31,34-39,47-48H,9-18,22-25,32-33H2,1-8H3. The second-order valence-electron chi connectivity index (χ2n) is 17.8. The first-order valence-corrected chi connectivity index (χ1v) is 23.9. The van der Waals surface area contributed by atoms with Gasteiger partial charge in [-0.1, -0.05) is 156 Å². The molecule has 6 atom stereocenters. The Kier molecular flexibility index (Phi) is 14.2. The number of ketones is 1. The second kappa shape index (κ2) is 18.6. The highest BCUT2D eigenvalue weighted by atomic mass is 31.1. The molecule has 0 bridgehead atoms. The molecule has 6 rings (SSSR count). The lowest BCUT2D eigenvalue weighted by Crippen LogP contribution is -2.41. The van der Waals surface area contributed by atoms with E-state index < -0.39 is 7.92 Å². The van der Waals surface area contributed by atoms with Gasteiger partial charge in [0.05, 0.1) is 0 Å². The van der Waals surface area contributed by atoms with Crippen molar-refractivity contribution in [2.24, 2.45) is 11.8 Å². The SMILES string of the molecule is CCC(C)c1cccc(C(C)CC)c1-c1cccc(-c2c(C(C)CC)cccc2C(C)CC)c1P1C(C2CCCCC2)CC(=O)CC1C1CCCCC1. The molecule has 1 saturated heterocycles. The summed E-state index contributed by atoms with van der Waals surface area (Å²) in [5.41, 5.74) is 13.3. The summed E-state index contributed by atoms with van der Waals surface area (Å²) in [6.45, 7) is 19.3. The lowest BCUT2D eigenvalue weighted by Gasteiger charge is -2.48. The van der Waals surface area contributed by atoms with Gasteiger partial charge in [-0.2, -0.15) is 0 Å². The minimum atomic E-state index is -0.619. The summed E-state index contributed by atoms with van der Waals surface area (Å²) in [4.78, 5) is 14.2. The molecule has 1 aliphatic heterocycles. The molecule has 0 radical (unpaired) electrons. The van der Waals surface area contributed by atoms with Gasteiger partial charge >= 0.3 is 0 Å². The molecule has 3 aromatic rings. The summed E-state index contributed by atoms with van der Waals surface area (Å²) in [5, 5.41) is 1.70. The molecule has 6 unspecified atom stereocenters. The fourth-order valence-corrected chi connectivity index (χ4v) is 15.1. The Balaban J connectivity index is 1.77. The van der Waals surface area contributed by atoms with Crippen LogP contribution in [0.25, 0.3) is 22.3 Å². The van der Waals surface area contributed by atoms with E-state index in [2.05, 4.69) is 110 Å². The monoisotopic (exact) mass is 733 g/mol. The first-order valence-electron chi connectivity index (χ1n) is 22.4. The summed E-state index contributed by atoms with van der Waals surface area (Å²) in [6.07, 6.45) is 19.5. The van der Waals surface area contributed by atoms with Gasteiger partial charge in [-0.05, 0) is 148 Å². The van der Waals surface area contributed by atoms with E-state index >= 15 is 0 Å². The van der Waals surface area contributed by atoms with Crippen LogP contribution in [0.1, 0.15) is 204 Å². The van der Waals surface area contributed by atoms with Crippen LogP contribution in [0.2, 0.25) is 0 Å². The van der Waals surface area contributed by atoms with Gasteiger partial charge in [0.25, 0.3) is 0 Å². The van der Waals surface area contributed by atoms with E-state index in [0.717, 1.165) is 38.5 Å². The maximum atomic E-state index is 14.2. The van der Waals surface area contributed by atoms with E-state index in [0.29, 0.717) is 52.6 Å². The summed E-state index contributed by atoms with van der Waals surface area (Å²) in [7, 11) is -0.619. The lowest BCUT2D eigenvalue weighted by atomic mass is 9.79. The van der Waals surface area contributed by atoms with Crippen molar-refractivity contribution < 1.29 is 4.79 Å². The number of carbonyl (C=O) groups is 1. The van der Waals surface area contributed by atoms with E-state index in [1.165, 1.54) is 97.6 Å². The van der Waals surface area contributed by atoms with E-state index in [-0.39, 0.29) is 0 Å². The van der Waals surface area contributed by atoms with Crippen molar-refractivity contribution >= 4 is 19.0 Å². The number of rotatable bonds is 13. The predicted molar refractivity (Wildman–Crippen MR) is 234 cm³/mol. The molecule has 2 saturated carbocycles. The summed E-state index contributed by atoms with van der Waals surface area (Å²) in [6, 6.07) is 22.2. The highest BCUT2D eigenvalue weighted by Crippen LogP contribution is 2.63. The molecule has 3 aliphatic rings. The van der Waals surface area contributed by atoms with Crippen LogP contribution in [-0.4, -0.2) is 17.1 Å². The molecule has 53 heavy (non-hydrogen) atoms. The van der Waals surface area contributed by atoms with Crippen LogP contribution in [0.5, 0.6) is 0 Å². The Morgan fingerprint density at radius 2 is 0.830 bits per heavy atom. The number of hydrogen-bond donors (Lipinski definition) is 0. The molecule has 0 spiro atoms. The summed E-state index contributed by atoms with van der Waals surface area (Å²) < 4.78 is 0. The largest absolute Gasteiger partial charge is 0.300 e. The smallest absolute Gasteiger partial charge is 0.134 e. The Labute approximate surface area is 326 Å². The molecule has 3 fully saturated rings. The minimum absolute atomic E-state index is 0.484. The van der Waals surface area contributed by atoms with Crippen LogP contribution in [0.4, 0.5) is 0 Å². The Bertz CT molecular complexity index is 1480. The van der Waals surface area contributed by atoms with E-state index in [9.17, 15) is 4.79 Å². The van der Waals surface area contributed by atoms with Gasteiger partial charge in [-0.15, -0.1) is 0 Å². The van der Waals surface area contributed by atoms with Crippen LogP contribution in [0.15, 0.2) is 54.6 Å². The van der Waals surface area contributed by atoms with Crippen molar-refractivity contribution in [3.8, 4) is 22.3 Å². The fourth-order valence-electron chi connectivity index (χ4n) is 10.7. The van der Waals surface area contributed by atoms with Gasteiger partial charge in [-0.3, -0.25) is 4.79 Å². The Morgan fingerprint density at radius 1 is 0.509 bits per heavy atom. The van der Waals surface area contributed by atoms with Crippen molar-refractivity contribution in [2.75, 3.05) is 0 Å². The van der Waals surface area contributed by atoms with Gasteiger partial charge in [0.1, 0.15) is 5.78 Å². The first-order chi connectivity index (χ1) is 25.7. The number of carbonyl (C=O) groups excluding carboxylic acids is 1. The zero-order valence-corrected chi connectivity index (χ0v) is 35.9. The lowest BCUT2D eigenvalue weighted by molar-refractivity contribution is -0.119. The Morgan fingerprint density at radius 3 is 1.15 bits per heavy atom. The average molecular weight is 733 g/mol. The maximum Gasteiger partial charge on any atom is 0.134 e. The summed E-state index contributed by atoms with van der Waals surface area (Å²) >= 11 is 0. The molecule has 288 valence electrons. The molecule has 0 aromatic heterocycles. The van der Waals surface area contributed by atoms with Crippen molar-refractivity contribution in [3.05, 3.63) is 76.9 Å². The van der Waals surface area contributed by atoms with E-state index in [4.69, 9.17) is 0 Å². The molecular formula is C51H73OP. The normalized spacial score (nSPS) is 24.2. The van der Waals surface area contributed by atoms with Crippen LogP contribution < -0.4 is 5.30 Å². The van der Waals surface area contributed by atoms with Crippen molar-refractivity contribution in [2.45, 2.75) is 193 Å². The van der Waals surface area contributed by atoms with Gasteiger partial charge in [0.15, 0.2) is 0 Å². The van der Waals surface area contributed by atoms with E-state index in [1.807, 2.05) is 0 Å². The molecule has 2 heteroatoms. The molecule has 2 aliphatic carbocycles. The average Bonchev–Trinajstić information content (AvgIpc) is 3.21. The quantitative estimate of drug-likeness (QED) is 0.160. The third-order valence-corrected chi connectivity index (χ3v) is 18.3. The molecule has 3 aromatic carbocycles. The van der Waals surface area contributed by atoms with Crippen molar-refractivity contribution in [1.82, 2.24) is 0 Å². The highest BCUT2D eigenvalue weighted by molar-refractivity contribution is 7.68. The van der Waals surface area contributed by atoms with Crippen LogP contribution in [0.3, 0.4) is 0 Å². The fraction of sp³-hybridized carbons (Fsp3) is 0.627. The molecule has 0 N–H and O–H groups in total. The number of hydrogen-bond acceptors (Lipinski definition) is 1. The van der Waals surface area contributed by atoms with Crippen LogP contribution in [0, 0.1) is 11.8 Å². The third kappa shape index (κ3) is 8.47. The molecule has 1 heterocycles. The van der Waals surface area contributed by atoms with Gasteiger partial charge in [0.2, 0.25) is 0 Å². The maximum absolute atomic E-state index is 14.2. The molecule has 1 nitrogen and oxygen atoms in total. The van der Waals surface area contributed by atoms with Crippen LogP contribution in [-0.2, 0) is 4.79 Å². The van der Waals surface area contributed by atoms with Gasteiger partial charge < -0.3 is 0 Å². The molecular weight excluding hydrogens is 660 g/mol. The zero-order chi connectivity index (χ0) is 37.6. The second-order valence-corrected chi connectivity index (χ2v) is 20.4. The highest BCUT2D eigenvalue weighted by Gasteiger charge is 2.46.